The van der Waals surface area contributed by atoms with Crippen LogP contribution in [0.15, 0.2) is 6.33 Å². The predicted molar refractivity (Wildman–Crippen MR) is 65.7 cm³/mol. The molecule has 0 amide bonds. The van der Waals surface area contributed by atoms with Crippen molar-refractivity contribution in [2.24, 2.45) is 0 Å². The van der Waals surface area contributed by atoms with Crippen molar-refractivity contribution in [1.29, 1.82) is 0 Å². The Hall–Kier alpha value is -1.16. The first-order valence-electron chi connectivity index (χ1n) is 5.98. The molecule has 1 N–H and O–H groups in total. The summed E-state index contributed by atoms with van der Waals surface area (Å²) in [6.07, 6.45) is 6.29. The van der Waals surface area contributed by atoms with E-state index in [-0.39, 0.29) is 0 Å². The first-order valence-corrected chi connectivity index (χ1v) is 5.98. The summed E-state index contributed by atoms with van der Waals surface area (Å²) >= 11 is 0. The number of nitrogens with zero attached hydrogens (tertiary/aromatic N) is 3. The molecule has 0 bridgehead atoms. The molecule has 0 atom stereocenters. The number of hydrogen-bond donors (Lipinski definition) is 1. The van der Waals surface area contributed by atoms with Crippen LogP contribution in [0.5, 0.6) is 0 Å². The molecule has 1 aromatic heterocycles. The minimum Gasteiger partial charge on any atom is -0.370 e. The van der Waals surface area contributed by atoms with Gasteiger partial charge in [0, 0.05) is 17.8 Å². The Morgan fingerprint density at radius 3 is 3.00 bits per heavy atom. The van der Waals surface area contributed by atoms with Crippen molar-refractivity contribution in [2.75, 3.05) is 32.5 Å². The summed E-state index contributed by atoms with van der Waals surface area (Å²) in [6, 6.07) is 0. The highest BCUT2D eigenvalue weighted by Crippen LogP contribution is 2.24. The lowest BCUT2D eigenvalue weighted by atomic mass is 10.2. The van der Waals surface area contributed by atoms with E-state index in [1.54, 1.807) is 6.33 Å². The predicted octanol–water partition coefficient (Wildman–Crippen LogP) is 1.33. The average molecular weight is 220 g/mol. The van der Waals surface area contributed by atoms with Gasteiger partial charge in [-0.1, -0.05) is 0 Å². The maximum absolute atomic E-state index is 4.33. The largest absolute Gasteiger partial charge is 0.370 e. The topological polar surface area (TPSA) is 41.0 Å². The summed E-state index contributed by atoms with van der Waals surface area (Å²) in [5.41, 5.74) is 2.58. The van der Waals surface area contributed by atoms with Gasteiger partial charge in [0.2, 0.25) is 0 Å². The molecule has 1 heterocycles. The van der Waals surface area contributed by atoms with Gasteiger partial charge in [-0.25, -0.2) is 9.97 Å². The maximum Gasteiger partial charge on any atom is 0.132 e. The normalized spacial score (nSPS) is 14.2. The van der Waals surface area contributed by atoms with Crippen LogP contribution in [-0.4, -0.2) is 42.1 Å². The van der Waals surface area contributed by atoms with E-state index in [0.717, 1.165) is 38.2 Å². The van der Waals surface area contributed by atoms with Crippen LogP contribution < -0.4 is 5.32 Å². The number of anilines is 1. The van der Waals surface area contributed by atoms with Gasteiger partial charge in [0.1, 0.15) is 12.1 Å². The van der Waals surface area contributed by atoms with Crippen LogP contribution in [0.4, 0.5) is 5.82 Å². The Labute approximate surface area is 97.1 Å². The van der Waals surface area contributed by atoms with E-state index in [9.17, 15) is 0 Å². The molecule has 0 saturated heterocycles. The zero-order valence-corrected chi connectivity index (χ0v) is 10.2. The highest BCUT2D eigenvalue weighted by atomic mass is 15.1. The molecule has 16 heavy (non-hydrogen) atoms. The number of aryl methyl sites for hydroxylation is 1. The molecule has 88 valence electrons. The van der Waals surface area contributed by atoms with Crippen LogP contribution in [0.25, 0.3) is 0 Å². The molecular formula is C12H20N4. The Bertz CT molecular complexity index is 349. The summed E-state index contributed by atoms with van der Waals surface area (Å²) in [5, 5.41) is 3.42. The monoisotopic (exact) mass is 220 g/mol. The van der Waals surface area contributed by atoms with E-state index >= 15 is 0 Å². The van der Waals surface area contributed by atoms with Gasteiger partial charge in [0.05, 0.1) is 0 Å². The van der Waals surface area contributed by atoms with Crippen LogP contribution in [0.3, 0.4) is 0 Å². The molecule has 1 aliphatic rings. The van der Waals surface area contributed by atoms with Gasteiger partial charge >= 0.3 is 0 Å². The van der Waals surface area contributed by atoms with Gasteiger partial charge in [-0.3, -0.25) is 0 Å². The second-order valence-electron chi connectivity index (χ2n) is 4.58. The molecule has 0 fully saturated rings. The van der Waals surface area contributed by atoms with Crippen LogP contribution >= 0.6 is 0 Å². The van der Waals surface area contributed by atoms with E-state index in [4.69, 9.17) is 0 Å². The van der Waals surface area contributed by atoms with Crippen molar-refractivity contribution in [3.8, 4) is 0 Å². The van der Waals surface area contributed by atoms with Gasteiger partial charge in [-0.2, -0.15) is 0 Å². The molecule has 0 spiro atoms. The lowest BCUT2D eigenvalue weighted by Crippen LogP contribution is -2.17. The van der Waals surface area contributed by atoms with Gasteiger partial charge in [-0.05, 0) is 46.3 Å². The Morgan fingerprint density at radius 1 is 1.31 bits per heavy atom. The fourth-order valence-electron chi connectivity index (χ4n) is 2.11. The molecule has 4 heteroatoms. The van der Waals surface area contributed by atoms with E-state index in [1.807, 2.05) is 0 Å². The number of hydrogen-bond acceptors (Lipinski definition) is 4. The molecule has 1 aliphatic carbocycles. The van der Waals surface area contributed by atoms with Crippen molar-refractivity contribution < 1.29 is 0 Å². The summed E-state index contributed by atoms with van der Waals surface area (Å²) in [6.45, 7) is 2.10. The molecular weight excluding hydrogens is 200 g/mol. The average Bonchev–Trinajstić information content (AvgIpc) is 2.72. The van der Waals surface area contributed by atoms with E-state index in [2.05, 4.69) is 34.3 Å². The molecule has 0 saturated carbocycles. The third-order valence-corrected chi connectivity index (χ3v) is 2.95. The molecule has 2 rings (SSSR count). The molecule has 0 unspecified atom stereocenters. The third kappa shape index (κ3) is 2.70. The maximum atomic E-state index is 4.33. The Kier molecular flexibility index (Phi) is 3.72. The summed E-state index contributed by atoms with van der Waals surface area (Å²) in [7, 11) is 4.20. The van der Waals surface area contributed by atoms with E-state index in [0.29, 0.717) is 0 Å². The zero-order valence-electron chi connectivity index (χ0n) is 10.2. The minimum absolute atomic E-state index is 0.988. The van der Waals surface area contributed by atoms with Crippen molar-refractivity contribution >= 4 is 5.82 Å². The quantitative estimate of drug-likeness (QED) is 0.760. The molecule has 0 aliphatic heterocycles. The standard InChI is InChI=1S/C12H20N4/c1-16(2)8-4-7-13-12-10-5-3-6-11(10)14-9-15-12/h9H,3-8H2,1-2H3,(H,13,14,15). The minimum atomic E-state index is 0.988. The van der Waals surface area contributed by atoms with Crippen molar-refractivity contribution in [3.05, 3.63) is 17.6 Å². The van der Waals surface area contributed by atoms with Crippen LogP contribution in [0, 0.1) is 0 Å². The Morgan fingerprint density at radius 2 is 2.19 bits per heavy atom. The number of rotatable bonds is 5. The molecule has 1 aromatic rings. The lowest BCUT2D eigenvalue weighted by molar-refractivity contribution is 0.405. The third-order valence-electron chi connectivity index (χ3n) is 2.95. The first-order chi connectivity index (χ1) is 7.77. The summed E-state index contributed by atoms with van der Waals surface area (Å²) in [4.78, 5) is 10.8. The fourth-order valence-corrected chi connectivity index (χ4v) is 2.11. The van der Waals surface area contributed by atoms with Crippen LogP contribution in [-0.2, 0) is 12.8 Å². The van der Waals surface area contributed by atoms with Crippen LogP contribution in [0.1, 0.15) is 24.1 Å². The van der Waals surface area contributed by atoms with Crippen LogP contribution in [0.2, 0.25) is 0 Å². The van der Waals surface area contributed by atoms with Crippen molar-refractivity contribution in [3.63, 3.8) is 0 Å². The van der Waals surface area contributed by atoms with Gasteiger partial charge in [-0.15, -0.1) is 0 Å². The van der Waals surface area contributed by atoms with E-state index in [1.165, 1.54) is 17.7 Å². The molecule has 4 nitrogen and oxygen atoms in total. The molecule has 0 radical (unpaired) electrons. The first kappa shape index (κ1) is 11.3. The second-order valence-corrected chi connectivity index (χ2v) is 4.58. The number of nitrogens with one attached hydrogen (secondary N) is 1. The number of fused-ring (bicyclic) bond motifs is 1. The smallest absolute Gasteiger partial charge is 0.132 e. The highest BCUT2D eigenvalue weighted by Gasteiger charge is 2.16. The van der Waals surface area contributed by atoms with Gasteiger partial charge < -0.3 is 10.2 Å². The lowest BCUT2D eigenvalue weighted by Gasteiger charge is -2.11. The Balaban J connectivity index is 1.88. The zero-order chi connectivity index (χ0) is 11.4. The fraction of sp³-hybridized carbons (Fsp3) is 0.667. The van der Waals surface area contributed by atoms with Crippen molar-refractivity contribution in [1.82, 2.24) is 14.9 Å². The van der Waals surface area contributed by atoms with E-state index < -0.39 is 0 Å². The van der Waals surface area contributed by atoms with Crippen molar-refractivity contribution in [2.45, 2.75) is 25.7 Å². The SMILES string of the molecule is CN(C)CCCNc1ncnc2c1CCC2. The second kappa shape index (κ2) is 5.25. The highest BCUT2D eigenvalue weighted by molar-refractivity contribution is 5.47. The van der Waals surface area contributed by atoms with Gasteiger partial charge in [0.25, 0.3) is 0 Å². The van der Waals surface area contributed by atoms with Gasteiger partial charge in [0.15, 0.2) is 0 Å². The molecule has 0 aromatic carbocycles. The number of aromatic nitrogens is 2. The summed E-state index contributed by atoms with van der Waals surface area (Å²) in [5.74, 6) is 1.06. The summed E-state index contributed by atoms with van der Waals surface area (Å²) < 4.78 is 0.